The van der Waals surface area contributed by atoms with Crippen molar-refractivity contribution in [3.8, 4) is 0 Å². The number of allylic oxidation sites excluding steroid dienone is 1. The van der Waals surface area contributed by atoms with Crippen molar-refractivity contribution in [3.63, 3.8) is 0 Å². The molecule has 5 nitrogen and oxygen atoms in total. The van der Waals surface area contributed by atoms with Crippen LogP contribution >= 0.6 is 0 Å². The molecule has 0 fully saturated rings. The third kappa shape index (κ3) is 4.22. The molecule has 15 heavy (non-hydrogen) atoms. The van der Waals surface area contributed by atoms with E-state index in [0.717, 1.165) is 17.7 Å². The number of aromatic nitrogens is 3. The lowest BCUT2D eigenvalue weighted by Crippen LogP contribution is -2.12. The van der Waals surface area contributed by atoms with E-state index >= 15 is 0 Å². The van der Waals surface area contributed by atoms with Gasteiger partial charge in [-0.3, -0.25) is 0 Å². The molecule has 0 atom stereocenters. The van der Waals surface area contributed by atoms with E-state index in [1.54, 1.807) is 10.9 Å². The van der Waals surface area contributed by atoms with Gasteiger partial charge in [-0.05, 0) is 6.92 Å². The Balaban J connectivity index is 2.39. The summed E-state index contributed by atoms with van der Waals surface area (Å²) in [4.78, 5) is 0. The first-order chi connectivity index (χ1) is 7.24. The van der Waals surface area contributed by atoms with Crippen LogP contribution in [0.2, 0.25) is 0 Å². The molecule has 1 aromatic rings. The SMILES string of the molecule is C=C(C)Cc1cnnn1CCOCCO. The van der Waals surface area contributed by atoms with Gasteiger partial charge in [-0.2, -0.15) is 0 Å². The smallest absolute Gasteiger partial charge is 0.0728 e. The first kappa shape index (κ1) is 11.9. The molecule has 0 aliphatic rings. The molecule has 1 heterocycles. The van der Waals surface area contributed by atoms with Gasteiger partial charge in [-0.1, -0.05) is 17.4 Å². The fourth-order valence-corrected chi connectivity index (χ4v) is 1.23. The average Bonchev–Trinajstić information content (AvgIpc) is 2.59. The maximum atomic E-state index is 8.53. The first-order valence-corrected chi connectivity index (χ1v) is 4.94. The van der Waals surface area contributed by atoms with Crippen LogP contribution in [0.3, 0.4) is 0 Å². The molecular formula is C10H17N3O2. The van der Waals surface area contributed by atoms with Crippen LogP contribution in [0.1, 0.15) is 12.6 Å². The van der Waals surface area contributed by atoms with Crippen molar-refractivity contribution in [2.75, 3.05) is 19.8 Å². The molecule has 0 bridgehead atoms. The minimum absolute atomic E-state index is 0.0516. The maximum Gasteiger partial charge on any atom is 0.0728 e. The lowest BCUT2D eigenvalue weighted by atomic mass is 10.2. The predicted molar refractivity (Wildman–Crippen MR) is 56.4 cm³/mol. The predicted octanol–water partition coefficient (Wildman–Crippen LogP) is 0.406. The normalized spacial score (nSPS) is 10.5. The number of ether oxygens (including phenoxy) is 1. The van der Waals surface area contributed by atoms with Crippen molar-refractivity contribution >= 4 is 0 Å². The molecule has 0 aromatic carbocycles. The van der Waals surface area contributed by atoms with Gasteiger partial charge in [0.15, 0.2) is 0 Å². The number of hydrogen-bond acceptors (Lipinski definition) is 4. The van der Waals surface area contributed by atoms with E-state index in [-0.39, 0.29) is 6.61 Å². The summed E-state index contributed by atoms with van der Waals surface area (Å²) < 4.78 is 6.95. The minimum Gasteiger partial charge on any atom is -0.394 e. The fourth-order valence-electron chi connectivity index (χ4n) is 1.23. The fraction of sp³-hybridized carbons (Fsp3) is 0.600. The third-order valence-electron chi connectivity index (χ3n) is 1.86. The Morgan fingerprint density at radius 2 is 2.40 bits per heavy atom. The Morgan fingerprint density at radius 3 is 3.07 bits per heavy atom. The van der Waals surface area contributed by atoms with Crippen molar-refractivity contribution in [1.29, 1.82) is 0 Å². The molecular weight excluding hydrogens is 194 g/mol. The Kier molecular flexibility index (Phi) is 5.00. The zero-order valence-electron chi connectivity index (χ0n) is 9.02. The van der Waals surface area contributed by atoms with Crippen LogP contribution in [0, 0.1) is 0 Å². The monoisotopic (exact) mass is 211 g/mol. The maximum absolute atomic E-state index is 8.53. The quantitative estimate of drug-likeness (QED) is 0.524. The van der Waals surface area contributed by atoms with Crippen LogP contribution in [0.25, 0.3) is 0 Å². The van der Waals surface area contributed by atoms with Crippen LogP contribution in [0.4, 0.5) is 0 Å². The first-order valence-electron chi connectivity index (χ1n) is 4.94. The standard InChI is InChI=1S/C10H17N3O2/c1-9(2)7-10-8-11-12-13(10)3-5-15-6-4-14/h8,14H,1,3-7H2,2H3. The van der Waals surface area contributed by atoms with E-state index in [9.17, 15) is 0 Å². The molecule has 84 valence electrons. The molecule has 0 aliphatic carbocycles. The summed E-state index contributed by atoms with van der Waals surface area (Å²) in [5.74, 6) is 0. The molecule has 0 saturated heterocycles. The summed E-state index contributed by atoms with van der Waals surface area (Å²) in [7, 11) is 0. The lowest BCUT2D eigenvalue weighted by Gasteiger charge is -2.06. The van der Waals surface area contributed by atoms with Gasteiger partial charge >= 0.3 is 0 Å². The van der Waals surface area contributed by atoms with E-state index < -0.39 is 0 Å². The molecule has 0 radical (unpaired) electrons. The van der Waals surface area contributed by atoms with Crippen molar-refractivity contribution in [1.82, 2.24) is 15.0 Å². The number of rotatable bonds is 7. The second kappa shape index (κ2) is 6.31. The van der Waals surface area contributed by atoms with Gasteiger partial charge in [0.25, 0.3) is 0 Å². The summed E-state index contributed by atoms with van der Waals surface area (Å²) in [6.07, 6.45) is 2.52. The van der Waals surface area contributed by atoms with Gasteiger partial charge in [0.05, 0.1) is 38.3 Å². The lowest BCUT2D eigenvalue weighted by molar-refractivity contribution is 0.0847. The molecule has 0 unspecified atom stereocenters. The molecule has 0 amide bonds. The van der Waals surface area contributed by atoms with E-state index in [2.05, 4.69) is 16.9 Å². The minimum atomic E-state index is 0.0516. The van der Waals surface area contributed by atoms with Gasteiger partial charge in [0, 0.05) is 6.42 Å². The summed E-state index contributed by atoms with van der Waals surface area (Å²) in [6.45, 7) is 7.43. The van der Waals surface area contributed by atoms with Crippen LogP contribution in [0.15, 0.2) is 18.3 Å². The van der Waals surface area contributed by atoms with E-state index in [4.69, 9.17) is 9.84 Å². The molecule has 0 spiro atoms. The van der Waals surface area contributed by atoms with Gasteiger partial charge in [0.1, 0.15) is 0 Å². The van der Waals surface area contributed by atoms with Crippen molar-refractivity contribution < 1.29 is 9.84 Å². The summed E-state index contributed by atoms with van der Waals surface area (Å²) in [6, 6.07) is 0. The van der Waals surface area contributed by atoms with Gasteiger partial charge in [-0.15, -0.1) is 5.10 Å². The van der Waals surface area contributed by atoms with E-state index in [0.29, 0.717) is 19.8 Å². The summed E-state index contributed by atoms with van der Waals surface area (Å²) in [5, 5.41) is 16.3. The highest BCUT2D eigenvalue weighted by Crippen LogP contribution is 2.03. The van der Waals surface area contributed by atoms with Crippen LogP contribution in [-0.2, 0) is 17.7 Å². The van der Waals surface area contributed by atoms with E-state index in [1.807, 2.05) is 6.92 Å². The Hall–Kier alpha value is -1.20. The highest BCUT2D eigenvalue weighted by atomic mass is 16.5. The highest BCUT2D eigenvalue weighted by molar-refractivity contribution is 5.06. The average molecular weight is 211 g/mol. The van der Waals surface area contributed by atoms with Crippen LogP contribution < -0.4 is 0 Å². The van der Waals surface area contributed by atoms with Crippen molar-refractivity contribution in [2.24, 2.45) is 0 Å². The third-order valence-corrected chi connectivity index (χ3v) is 1.86. The second-order valence-corrected chi connectivity index (χ2v) is 3.42. The van der Waals surface area contributed by atoms with Crippen molar-refractivity contribution in [2.45, 2.75) is 19.9 Å². The Morgan fingerprint density at radius 1 is 1.60 bits per heavy atom. The molecule has 1 rings (SSSR count). The molecule has 5 heteroatoms. The topological polar surface area (TPSA) is 60.2 Å². The zero-order valence-corrected chi connectivity index (χ0v) is 9.02. The highest BCUT2D eigenvalue weighted by Gasteiger charge is 2.03. The second-order valence-electron chi connectivity index (χ2n) is 3.42. The van der Waals surface area contributed by atoms with Gasteiger partial charge in [-0.25, -0.2) is 4.68 Å². The molecule has 0 aliphatic heterocycles. The Bertz CT molecular complexity index is 309. The van der Waals surface area contributed by atoms with Crippen LogP contribution in [0.5, 0.6) is 0 Å². The van der Waals surface area contributed by atoms with E-state index in [1.165, 1.54) is 0 Å². The summed E-state index contributed by atoms with van der Waals surface area (Å²) >= 11 is 0. The number of hydrogen-bond donors (Lipinski definition) is 1. The molecule has 1 N–H and O–H groups in total. The Labute approximate surface area is 89.4 Å². The largest absolute Gasteiger partial charge is 0.394 e. The van der Waals surface area contributed by atoms with Crippen molar-refractivity contribution in [3.05, 3.63) is 24.0 Å². The number of nitrogens with zero attached hydrogens (tertiary/aromatic N) is 3. The van der Waals surface area contributed by atoms with Gasteiger partial charge < -0.3 is 9.84 Å². The van der Waals surface area contributed by atoms with Gasteiger partial charge in [0.2, 0.25) is 0 Å². The number of aliphatic hydroxyl groups is 1. The van der Waals surface area contributed by atoms with Crippen LogP contribution in [-0.4, -0.2) is 39.9 Å². The summed E-state index contributed by atoms with van der Waals surface area (Å²) in [5.41, 5.74) is 2.12. The molecule has 0 saturated carbocycles. The number of aliphatic hydroxyl groups excluding tert-OH is 1. The molecule has 1 aromatic heterocycles. The zero-order chi connectivity index (χ0) is 11.1.